The molecule has 0 aliphatic carbocycles. The van der Waals surface area contributed by atoms with Crippen molar-refractivity contribution in [1.82, 2.24) is 5.32 Å². The molecule has 0 unspecified atom stereocenters. The highest BCUT2D eigenvalue weighted by atomic mass is 35.5. The second-order valence-corrected chi connectivity index (χ2v) is 5.02. The molecule has 0 amide bonds. The van der Waals surface area contributed by atoms with Crippen LogP contribution in [0.3, 0.4) is 0 Å². The van der Waals surface area contributed by atoms with Gasteiger partial charge in [0.1, 0.15) is 0 Å². The Morgan fingerprint density at radius 2 is 2.31 bits per heavy atom. The van der Waals surface area contributed by atoms with Crippen molar-refractivity contribution in [3.05, 3.63) is 21.3 Å². The largest absolute Gasteiger partial charge is 0.312 e. The van der Waals surface area contributed by atoms with Gasteiger partial charge in [0, 0.05) is 16.8 Å². The monoisotopic (exact) mass is 217 g/mol. The Bertz CT molecular complexity index is 245. The van der Waals surface area contributed by atoms with Gasteiger partial charge < -0.3 is 5.32 Å². The normalized spacial score (nSPS) is 11.1. The van der Waals surface area contributed by atoms with Gasteiger partial charge in [-0.05, 0) is 24.9 Å². The lowest BCUT2D eigenvalue weighted by atomic mass is 10.1. The van der Waals surface area contributed by atoms with Gasteiger partial charge in [0.15, 0.2) is 0 Å². The molecular formula is C10H16ClNS. The Balaban J connectivity index is 2.13. The number of halogens is 1. The van der Waals surface area contributed by atoms with Crippen LogP contribution in [0.25, 0.3) is 0 Å². The van der Waals surface area contributed by atoms with E-state index in [1.54, 1.807) is 11.3 Å². The van der Waals surface area contributed by atoms with Gasteiger partial charge in [0.2, 0.25) is 0 Å². The standard InChI is InChI=1S/C10H16ClNS/c1-8(2)3-4-12-6-10-5-9(11)7-13-10/h5,7-8,12H,3-4,6H2,1-2H3. The Morgan fingerprint density at radius 1 is 1.54 bits per heavy atom. The second kappa shape index (κ2) is 5.63. The Hall–Kier alpha value is -0.0500. The van der Waals surface area contributed by atoms with E-state index in [0.29, 0.717) is 0 Å². The predicted octanol–water partition coefficient (Wildman–Crippen LogP) is 3.54. The van der Waals surface area contributed by atoms with Crippen LogP contribution in [0.4, 0.5) is 0 Å². The van der Waals surface area contributed by atoms with E-state index in [2.05, 4.69) is 19.2 Å². The Labute approximate surface area is 89.1 Å². The first-order valence-corrected chi connectivity index (χ1v) is 5.88. The summed E-state index contributed by atoms with van der Waals surface area (Å²) in [4.78, 5) is 1.31. The summed E-state index contributed by atoms with van der Waals surface area (Å²) in [7, 11) is 0. The molecule has 0 bridgehead atoms. The van der Waals surface area contributed by atoms with Crippen molar-refractivity contribution in [3.63, 3.8) is 0 Å². The molecule has 3 heteroatoms. The van der Waals surface area contributed by atoms with Gasteiger partial charge in [0.25, 0.3) is 0 Å². The SMILES string of the molecule is CC(C)CCNCc1cc(Cl)cs1. The van der Waals surface area contributed by atoms with E-state index in [1.807, 2.05) is 11.4 Å². The molecule has 0 spiro atoms. The fourth-order valence-corrected chi connectivity index (χ4v) is 2.09. The Kier molecular flexibility index (Phi) is 4.78. The molecule has 13 heavy (non-hydrogen) atoms. The summed E-state index contributed by atoms with van der Waals surface area (Å²) in [5.74, 6) is 0.777. The maximum atomic E-state index is 5.81. The van der Waals surface area contributed by atoms with Crippen LogP contribution in [-0.4, -0.2) is 6.54 Å². The first-order valence-electron chi connectivity index (χ1n) is 4.62. The minimum atomic E-state index is 0.777. The van der Waals surface area contributed by atoms with Gasteiger partial charge in [-0.25, -0.2) is 0 Å². The molecule has 1 rings (SSSR count). The van der Waals surface area contributed by atoms with Gasteiger partial charge in [0.05, 0.1) is 5.02 Å². The minimum Gasteiger partial charge on any atom is -0.312 e. The molecule has 0 aromatic carbocycles. The molecule has 0 saturated heterocycles. The minimum absolute atomic E-state index is 0.777. The highest BCUT2D eigenvalue weighted by Gasteiger charge is 1.97. The van der Waals surface area contributed by atoms with Crippen LogP contribution in [0.5, 0.6) is 0 Å². The van der Waals surface area contributed by atoms with Crippen LogP contribution < -0.4 is 5.32 Å². The Morgan fingerprint density at radius 3 is 2.85 bits per heavy atom. The van der Waals surface area contributed by atoms with Crippen LogP contribution in [-0.2, 0) is 6.54 Å². The van der Waals surface area contributed by atoms with Crippen molar-refractivity contribution in [2.24, 2.45) is 5.92 Å². The third-order valence-corrected chi connectivity index (χ3v) is 3.10. The van der Waals surface area contributed by atoms with Crippen LogP contribution in [0.2, 0.25) is 5.02 Å². The summed E-state index contributed by atoms with van der Waals surface area (Å²) in [6.45, 7) is 6.52. The third kappa shape index (κ3) is 4.65. The fraction of sp³-hybridized carbons (Fsp3) is 0.600. The second-order valence-electron chi connectivity index (χ2n) is 3.59. The van der Waals surface area contributed by atoms with Gasteiger partial charge in [-0.15, -0.1) is 11.3 Å². The first-order chi connectivity index (χ1) is 6.18. The molecule has 0 atom stereocenters. The van der Waals surface area contributed by atoms with Crippen molar-refractivity contribution in [1.29, 1.82) is 0 Å². The van der Waals surface area contributed by atoms with Crippen LogP contribution in [0.1, 0.15) is 25.1 Å². The summed E-state index contributed by atoms with van der Waals surface area (Å²) >= 11 is 7.52. The van der Waals surface area contributed by atoms with Crippen LogP contribution in [0.15, 0.2) is 11.4 Å². The van der Waals surface area contributed by atoms with Gasteiger partial charge in [-0.2, -0.15) is 0 Å². The molecule has 1 heterocycles. The number of hydrogen-bond acceptors (Lipinski definition) is 2. The maximum Gasteiger partial charge on any atom is 0.0516 e. The highest BCUT2D eigenvalue weighted by molar-refractivity contribution is 7.10. The van der Waals surface area contributed by atoms with E-state index >= 15 is 0 Å². The molecule has 1 nitrogen and oxygen atoms in total. The van der Waals surface area contributed by atoms with Crippen molar-refractivity contribution in [3.8, 4) is 0 Å². The van der Waals surface area contributed by atoms with Crippen molar-refractivity contribution < 1.29 is 0 Å². The average Bonchev–Trinajstić information content (AvgIpc) is 2.45. The lowest BCUT2D eigenvalue weighted by molar-refractivity contribution is 0.539. The van der Waals surface area contributed by atoms with E-state index < -0.39 is 0 Å². The zero-order valence-corrected chi connectivity index (χ0v) is 9.71. The summed E-state index contributed by atoms with van der Waals surface area (Å²) in [5, 5.41) is 6.22. The molecular weight excluding hydrogens is 202 g/mol. The molecule has 0 fully saturated rings. The van der Waals surface area contributed by atoms with E-state index in [9.17, 15) is 0 Å². The lowest BCUT2D eigenvalue weighted by Gasteiger charge is -2.04. The van der Waals surface area contributed by atoms with Crippen LogP contribution >= 0.6 is 22.9 Å². The lowest BCUT2D eigenvalue weighted by Crippen LogP contribution is -2.15. The molecule has 0 radical (unpaired) electrons. The molecule has 0 aliphatic heterocycles. The zero-order chi connectivity index (χ0) is 9.68. The van der Waals surface area contributed by atoms with E-state index in [1.165, 1.54) is 11.3 Å². The zero-order valence-electron chi connectivity index (χ0n) is 8.14. The van der Waals surface area contributed by atoms with Crippen molar-refractivity contribution in [2.45, 2.75) is 26.8 Å². The molecule has 0 saturated carbocycles. The van der Waals surface area contributed by atoms with E-state index in [4.69, 9.17) is 11.6 Å². The smallest absolute Gasteiger partial charge is 0.0516 e. The fourth-order valence-electron chi connectivity index (χ4n) is 1.05. The number of nitrogens with one attached hydrogen (secondary N) is 1. The molecule has 1 aromatic rings. The van der Waals surface area contributed by atoms with Gasteiger partial charge >= 0.3 is 0 Å². The topological polar surface area (TPSA) is 12.0 Å². The third-order valence-electron chi connectivity index (χ3n) is 1.82. The summed E-state index contributed by atoms with van der Waals surface area (Å²) in [5.41, 5.74) is 0. The number of thiophene rings is 1. The predicted molar refractivity (Wildman–Crippen MR) is 60.5 cm³/mol. The van der Waals surface area contributed by atoms with Crippen LogP contribution in [0, 0.1) is 5.92 Å². The quantitative estimate of drug-likeness (QED) is 0.745. The summed E-state index contributed by atoms with van der Waals surface area (Å²) in [6, 6.07) is 2.02. The number of hydrogen-bond donors (Lipinski definition) is 1. The molecule has 1 aromatic heterocycles. The summed E-state index contributed by atoms with van der Waals surface area (Å²) < 4.78 is 0. The van der Waals surface area contributed by atoms with Gasteiger partial charge in [-0.1, -0.05) is 25.4 Å². The molecule has 1 N–H and O–H groups in total. The maximum absolute atomic E-state index is 5.81. The number of rotatable bonds is 5. The molecule has 0 aliphatic rings. The first kappa shape index (κ1) is 11.0. The summed E-state index contributed by atoms with van der Waals surface area (Å²) in [6.07, 6.45) is 1.24. The highest BCUT2D eigenvalue weighted by Crippen LogP contribution is 2.18. The van der Waals surface area contributed by atoms with E-state index in [0.717, 1.165) is 24.0 Å². The molecule has 74 valence electrons. The van der Waals surface area contributed by atoms with E-state index in [-0.39, 0.29) is 0 Å². The van der Waals surface area contributed by atoms with Crippen molar-refractivity contribution >= 4 is 22.9 Å². The van der Waals surface area contributed by atoms with Gasteiger partial charge in [-0.3, -0.25) is 0 Å². The average molecular weight is 218 g/mol. The van der Waals surface area contributed by atoms with Crippen molar-refractivity contribution in [2.75, 3.05) is 6.54 Å².